The van der Waals surface area contributed by atoms with Gasteiger partial charge in [-0.05, 0) is 31.0 Å². The number of aromatic nitrogens is 2. The van der Waals surface area contributed by atoms with E-state index in [0.717, 1.165) is 25.9 Å². The van der Waals surface area contributed by atoms with Gasteiger partial charge in [-0.25, -0.2) is 9.97 Å². The van der Waals surface area contributed by atoms with Gasteiger partial charge in [0.2, 0.25) is 5.95 Å². The van der Waals surface area contributed by atoms with E-state index in [4.69, 9.17) is 4.74 Å². The van der Waals surface area contributed by atoms with Crippen LogP contribution in [0.2, 0.25) is 0 Å². The topological polar surface area (TPSA) is 67.3 Å². The van der Waals surface area contributed by atoms with Crippen molar-refractivity contribution in [3.05, 3.63) is 42.2 Å². The van der Waals surface area contributed by atoms with Crippen molar-refractivity contribution in [2.45, 2.75) is 12.8 Å². The molecule has 1 N–H and O–H groups in total. The fourth-order valence-electron chi connectivity index (χ4n) is 2.48. The number of hydrogen-bond donors (Lipinski definition) is 1. The molecule has 1 aliphatic heterocycles. The van der Waals surface area contributed by atoms with Crippen molar-refractivity contribution < 1.29 is 9.53 Å². The summed E-state index contributed by atoms with van der Waals surface area (Å²) in [5.41, 5.74) is 0.971. The Bertz CT molecular complexity index is 669. The first kappa shape index (κ1) is 14.3. The highest BCUT2D eigenvalue weighted by Crippen LogP contribution is 2.23. The normalized spacial score (nSPS) is 14.0. The molecule has 0 aliphatic carbocycles. The summed E-state index contributed by atoms with van der Waals surface area (Å²) in [6, 6.07) is 8.90. The summed E-state index contributed by atoms with van der Waals surface area (Å²) in [5, 5.41) is 2.82. The van der Waals surface area contributed by atoms with Crippen molar-refractivity contribution >= 4 is 17.5 Å². The largest absolute Gasteiger partial charge is 0.495 e. The fourth-order valence-corrected chi connectivity index (χ4v) is 2.48. The van der Waals surface area contributed by atoms with Crippen LogP contribution in [0.5, 0.6) is 5.75 Å². The van der Waals surface area contributed by atoms with Crippen LogP contribution in [0.4, 0.5) is 11.6 Å². The fraction of sp³-hybridized carbons (Fsp3) is 0.312. The zero-order valence-corrected chi connectivity index (χ0v) is 12.5. The van der Waals surface area contributed by atoms with E-state index in [-0.39, 0.29) is 5.91 Å². The molecule has 1 fully saturated rings. The van der Waals surface area contributed by atoms with Crippen LogP contribution >= 0.6 is 0 Å². The van der Waals surface area contributed by atoms with E-state index >= 15 is 0 Å². The molecule has 0 bridgehead atoms. The Kier molecular flexibility index (Phi) is 4.18. The lowest BCUT2D eigenvalue weighted by Gasteiger charge is -2.15. The highest BCUT2D eigenvalue weighted by atomic mass is 16.5. The predicted molar refractivity (Wildman–Crippen MR) is 84.4 cm³/mol. The van der Waals surface area contributed by atoms with Gasteiger partial charge in [0.1, 0.15) is 11.4 Å². The molecule has 3 rings (SSSR count). The molecule has 0 radical (unpaired) electrons. The third-order valence-electron chi connectivity index (χ3n) is 3.62. The van der Waals surface area contributed by atoms with Crippen LogP contribution in [0.3, 0.4) is 0 Å². The van der Waals surface area contributed by atoms with Crippen LogP contribution < -0.4 is 15.0 Å². The zero-order valence-electron chi connectivity index (χ0n) is 12.5. The number of methoxy groups -OCH3 is 1. The van der Waals surface area contributed by atoms with Gasteiger partial charge in [0, 0.05) is 19.3 Å². The minimum absolute atomic E-state index is 0.271. The monoisotopic (exact) mass is 298 g/mol. The minimum Gasteiger partial charge on any atom is -0.495 e. The molecular formula is C16H18N4O2. The quantitative estimate of drug-likeness (QED) is 0.938. The first-order valence-corrected chi connectivity index (χ1v) is 7.30. The first-order chi connectivity index (χ1) is 10.8. The van der Waals surface area contributed by atoms with Crippen LogP contribution in [0.1, 0.15) is 23.3 Å². The van der Waals surface area contributed by atoms with Crippen molar-refractivity contribution in [1.82, 2.24) is 9.97 Å². The molecule has 0 unspecified atom stereocenters. The van der Waals surface area contributed by atoms with E-state index < -0.39 is 0 Å². The number of amides is 1. The molecule has 0 spiro atoms. The van der Waals surface area contributed by atoms with Crippen molar-refractivity contribution in [1.29, 1.82) is 0 Å². The van der Waals surface area contributed by atoms with Gasteiger partial charge in [0.05, 0.1) is 12.8 Å². The molecule has 6 nitrogen and oxygen atoms in total. The van der Waals surface area contributed by atoms with E-state index in [0.29, 0.717) is 23.1 Å². The average molecular weight is 298 g/mol. The number of nitrogens with one attached hydrogen (secondary N) is 1. The standard InChI is InChI=1S/C16H18N4O2/c1-22-14-7-3-2-6-12(14)18-15(21)13-8-9-17-16(19-13)20-10-4-5-11-20/h2-3,6-9H,4-5,10-11H2,1H3,(H,18,21). The molecule has 1 amide bonds. The summed E-state index contributed by atoms with van der Waals surface area (Å²) in [7, 11) is 1.57. The third kappa shape index (κ3) is 3.00. The van der Waals surface area contributed by atoms with Crippen LogP contribution in [-0.4, -0.2) is 36.1 Å². The van der Waals surface area contributed by atoms with E-state index in [1.54, 1.807) is 31.5 Å². The number of para-hydroxylation sites is 2. The molecule has 2 aromatic rings. The minimum atomic E-state index is -0.271. The number of hydrogen-bond acceptors (Lipinski definition) is 5. The number of nitrogens with zero attached hydrogens (tertiary/aromatic N) is 3. The number of rotatable bonds is 4. The molecule has 1 aromatic carbocycles. The molecule has 22 heavy (non-hydrogen) atoms. The average Bonchev–Trinajstić information content (AvgIpc) is 3.10. The number of carbonyl (C=O) groups excluding carboxylic acids is 1. The number of benzene rings is 1. The summed E-state index contributed by atoms with van der Waals surface area (Å²) >= 11 is 0. The second-order valence-electron chi connectivity index (χ2n) is 5.09. The Labute approximate surface area is 129 Å². The lowest BCUT2D eigenvalue weighted by atomic mass is 10.2. The van der Waals surface area contributed by atoms with Gasteiger partial charge < -0.3 is 15.0 Å². The van der Waals surface area contributed by atoms with Crippen LogP contribution in [0.25, 0.3) is 0 Å². The van der Waals surface area contributed by atoms with E-state index in [1.807, 2.05) is 12.1 Å². The van der Waals surface area contributed by atoms with Gasteiger partial charge in [-0.3, -0.25) is 4.79 Å². The summed E-state index contributed by atoms with van der Waals surface area (Å²) in [6.07, 6.45) is 3.90. The van der Waals surface area contributed by atoms with Crippen molar-refractivity contribution in [3.8, 4) is 5.75 Å². The van der Waals surface area contributed by atoms with Crippen molar-refractivity contribution in [2.24, 2.45) is 0 Å². The van der Waals surface area contributed by atoms with Crippen LogP contribution in [0, 0.1) is 0 Å². The molecule has 1 aromatic heterocycles. The predicted octanol–water partition coefficient (Wildman–Crippen LogP) is 2.34. The van der Waals surface area contributed by atoms with Gasteiger partial charge in [-0.15, -0.1) is 0 Å². The highest BCUT2D eigenvalue weighted by Gasteiger charge is 2.17. The van der Waals surface area contributed by atoms with Crippen molar-refractivity contribution in [2.75, 3.05) is 30.4 Å². The summed E-state index contributed by atoms with van der Waals surface area (Å²) < 4.78 is 5.23. The van der Waals surface area contributed by atoms with E-state index in [2.05, 4.69) is 20.2 Å². The maximum Gasteiger partial charge on any atom is 0.274 e. The van der Waals surface area contributed by atoms with E-state index in [1.165, 1.54) is 0 Å². The lowest BCUT2D eigenvalue weighted by molar-refractivity contribution is 0.102. The Balaban J connectivity index is 1.78. The second-order valence-corrected chi connectivity index (χ2v) is 5.09. The second kappa shape index (κ2) is 6.43. The maximum atomic E-state index is 12.4. The molecule has 114 valence electrons. The smallest absolute Gasteiger partial charge is 0.274 e. The van der Waals surface area contributed by atoms with Gasteiger partial charge in [-0.1, -0.05) is 12.1 Å². The van der Waals surface area contributed by atoms with E-state index in [9.17, 15) is 4.79 Å². The number of ether oxygens (including phenoxy) is 1. The number of carbonyl (C=O) groups is 1. The first-order valence-electron chi connectivity index (χ1n) is 7.30. The highest BCUT2D eigenvalue weighted by molar-refractivity contribution is 6.03. The lowest BCUT2D eigenvalue weighted by Crippen LogP contribution is -2.22. The Morgan fingerprint density at radius 3 is 2.77 bits per heavy atom. The maximum absolute atomic E-state index is 12.4. The molecule has 0 saturated carbocycles. The molecule has 1 saturated heterocycles. The zero-order chi connectivity index (χ0) is 15.4. The third-order valence-corrected chi connectivity index (χ3v) is 3.62. The molecular weight excluding hydrogens is 280 g/mol. The van der Waals surface area contributed by atoms with Crippen molar-refractivity contribution in [3.63, 3.8) is 0 Å². The number of anilines is 2. The Morgan fingerprint density at radius 2 is 2.00 bits per heavy atom. The van der Waals surface area contributed by atoms with Crippen LogP contribution in [0.15, 0.2) is 36.5 Å². The molecule has 1 aliphatic rings. The summed E-state index contributed by atoms with van der Waals surface area (Å²) in [4.78, 5) is 23.1. The molecule has 6 heteroatoms. The summed E-state index contributed by atoms with van der Waals surface area (Å²) in [6.45, 7) is 1.88. The Morgan fingerprint density at radius 1 is 1.23 bits per heavy atom. The molecule has 0 atom stereocenters. The van der Waals surface area contributed by atoms with Gasteiger partial charge in [-0.2, -0.15) is 0 Å². The van der Waals surface area contributed by atoms with Gasteiger partial charge in [0.25, 0.3) is 5.91 Å². The SMILES string of the molecule is COc1ccccc1NC(=O)c1ccnc(N2CCCC2)n1. The Hall–Kier alpha value is -2.63. The summed E-state index contributed by atoms with van der Waals surface area (Å²) in [5.74, 6) is 0.960. The molecule has 2 heterocycles. The van der Waals surface area contributed by atoms with Crippen LogP contribution in [-0.2, 0) is 0 Å². The van der Waals surface area contributed by atoms with Gasteiger partial charge in [0.15, 0.2) is 0 Å². The van der Waals surface area contributed by atoms with Gasteiger partial charge >= 0.3 is 0 Å².